The zero-order chi connectivity index (χ0) is 15.0. The summed E-state index contributed by atoms with van der Waals surface area (Å²) in [5.41, 5.74) is -0.104. The molecule has 0 bridgehead atoms. The summed E-state index contributed by atoms with van der Waals surface area (Å²) in [6.45, 7) is 1.73. The second-order valence-corrected chi connectivity index (χ2v) is 5.80. The molecule has 5 nitrogen and oxygen atoms in total. The van der Waals surface area contributed by atoms with E-state index in [0.29, 0.717) is 16.9 Å². The quantitative estimate of drug-likeness (QED) is 0.804. The lowest BCUT2D eigenvalue weighted by atomic mass is 9.73. The zero-order valence-corrected chi connectivity index (χ0v) is 11.8. The number of fused-ring (bicyclic) bond motifs is 1. The molecule has 3 rings (SSSR count). The standard InChI is InChI=1S/C15H18FN3O2/c1-15(21,9-3-2-4-9)14(20)17-8-13-18-11-6-5-10(16)7-12(11)19-13/h5-7,9,21H,2-4,8H2,1H3,(H,17,20)(H,18,19). The van der Waals surface area contributed by atoms with Gasteiger partial charge in [-0.15, -0.1) is 0 Å². The second-order valence-electron chi connectivity index (χ2n) is 5.80. The maximum Gasteiger partial charge on any atom is 0.252 e. The predicted molar refractivity (Wildman–Crippen MR) is 75.9 cm³/mol. The second kappa shape index (κ2) is 5.11. The third-order valence-electron chi connectivity index (χ3n) is 4.27. The predicted octanol–water partition coefficient (Wildman–Crippen LogP) is 1.87. The van der Waals surface area contributed by atoms with Crippen LogP contribution in [0.3, 0.4) is 0 Å². The minimum atomic E-state index is -1.34. The molecule has 0 saturated heterocycles. The molecule has 1 heterocycles. The van der Waals surface area contributed by atoms with E-state index >= 15 is 0 Å². The molecule has 6 heteroatoms. The van der Waals surface area contributed by atoms with Crippen LogP contribution in [0.5, 0.6) is 0 Å². The summed E-state index contributed by atoms with van der Waals surface area (Å²) in [6.07, 6.45) is 2.82. The van der Waals surface area contributed by atoms with E-state index in [4.69, 9.17) is 0 Å². The first-order valence-corrected chi connectivity index (χ1v) is 7.11. The lowest BCUT2D eigenvalue weighted by Crippen LogP contribution is -2.51. The normalized spacial score (nSPS) is 18.2. The number of carbonyl (C=O) groups excluding carboxylic acids is 1. The Kier molecular flexibility index (Phi) is 3.41. The van der Waals surface area contributed by atoms with Crippen LogP contribution in [-0.2, 0) is 11.3 Å². The van der Waals surface area contributed by atoms with Crippen LogP contribution in [0.2, 0.25) is 0 Å². The van der Waals surface area contributed by atoms with Gasteiger partial charge < -0.3 is 15.4 Å². The Balaban J connectivity index is 1.67. The van der Waals surface area contributed by atoms with Crippen LogP contribution in [0.15, 0.2) is 18.2 Å². The third-order valence-corrected chi connectivity index (χ3v) is 4.27. The molecule has 1 atom stereocenters. The minimum absolute atomic E-state index is 0.0299. The van der Waals surface area contributed by atoms with E-state index in [1.54, 1.807) is 13.0 Å². The summed E-state index contributed by atoms with van der Waals surface area (Å²) >= 11 is 0. The van der Waals surface area contributed by atoms with Crippen molar-refractivity contribution in [2.75, 3.05) is 0 Å². The Morgan fingerprint density at radius 3 is 3.00 bits per heavy atom. The van der Waals surface area contributed by atoms with Gasteiger partial charge >= 0.3 is 0 Å². The average molecular weight is 291 g/mol. The monoisotopic (exact) mass is 291 g/mol. The van der Waals surface area contributed by atoms with E-state index in [-0.39, 0.29) is 24.2 Å². The number of imidazole rings is 1. The number of aromatic nitrogens is 2. The van der Waals surface area contributed by atoms with Crippen LogP contribution in [0.4, 0.5) is 4.39 Å². The fourth-order valence-corrected chi connectivity index (χ4v) is 2.62. The van der Waals surface area contributed by atoms with Crippen molar-refractivity contribution < 1.29 is 14.3 Å². The smallest absolute Gasteiger partial charge is 0.252 e. The maximum absolute atomic E-state index is 13.1. The van der Waals surface area contributed by atoms with Gasteiger partial charge in [0.15, 0.2) is 0 Å². The van der Waals surface area contributed by atoms with Crippen molar-refractivity contribution in [2.24, 2.45) is 5.92 Å². The Hall–Kier alpha value is -1.95. The van der Waals surface area contributed by atoms with Gasteiger partial charge in [-0.2, -0.15) is 0 Å². The third kappa shape index (κ3) is 2.63. The lowest BCUT2D eigenvalue weighted by Gasteiger charge is -2.37. The summed E-state index contributed by atoms with van der Waals surface area (Å²) in [6, 6.07) is 4.28. The molecule has 1 unspecified atom stereocenters. The highest BCUT2D eigenvalue weighted by Crippen LogP contribution is 2.36. The number of amides is 1. The minimum Gasteiger partial charge on any atom is -0.380 e. The topological polar surface area (TPSA) is 78.0 Å². The van der Waals surface area contributed by atoms with Gasteiger partial charge in [0.2, 0.25) is 0 Å². The molecule has 0 radical (unpaired) electrons. The number of rotatable bonds is 4. The molecule has 0 spiro atoms. The molecule has 1 aromatic carbocycles. The highest BCUT2D eigenvalue weighted by molar-refractivity contribution is 5.85. The number of hydrogen-bond acceptors (Lipinski definition) is 3. The van der Waals surface area contributed by atoms with Gasteiger partial charge in [-0.1, -0.05) is 6.42 Å². The fraction of sp³-hybridized carbons (Fsp3) is 0.467. The summed E-state index contributed by atoms with van der Waals surface area (Å²) in [5.74, 6) is -0.163. The number of carbonyl (C=O) groups is 1. The molecular formula is C15H18FN3O2. The van der Waals surface area contributed by atoms with Gasteiger partial charge in [0.05, 0.1) is 17.6 Å². The van der Waals surface area contributed by atoms with Crippen molar-refractivity contribution in [1.82, 2.24) is 15.3 Å². The van der Waals surface area contributed by atoms with Crippen molar-refractivity contribution in [1.29, 1.82) is 0 Å². The molecule has 1 fully saturated rings. The molecule has 1 aromatic heterocycles. The number of H-pyrrole nitrogens is 1. The summed E-state index contributed by atoms with van der Waals surface area (Å²) < 4.78 is 13.1. The maximum atomic E-state index is 13.1. The van der Waals surface area contributed by atoms with Gasteiger partial charge in [-0.3, -0.25) is 4.79 Å². The molecule has 0 aliphatic heterocycles. The van der Waals surface area contributed by atoms with Crippen LogP contribution in [0.25, 0.3) is 11.0 Å². The number of aromatic amines is 1. The first kappa shape index (κ1) is 14.0. The van der Waals surface area contributed by atoms with E-state index in [9.17, 15) is 14.3 Å². The fourth-order valence-electron chi connectivity index (χ4n) is 2.62. The van der Waals surface area contributed by atoms with Crippen LogP contribution < -0.4 is 5.32 Å². The van der Waals surface area contributed by atoms with Crippen LogP contribution in [0.1, 0.15) is 32.0 Å². The van der Waals surface area contributed by atoms with Crippen molar-refractivity contribution >= 4 is 16.9 Å². The van der Waals surface area contributed by atoms with Crippen molar-refractivity contribution in [3.05, 3.63) is 29.8 Å². The van der Waals surface area contributed by atoms with E-state index in [1.165, 1.54) is 12.1 Å². The Labute approximate surface area is 121 Å². The highest BCUT2D eigenvalue weighted by Gasteiger charge is 2.42. The van der Waals surface area contributed by atoms with E-state index in [1.807, 2.05) is 0 Å². The summed E-state index contributed by atoms with van der Waals surface area (Å²) in [4.78, 5) is 19.3. The molecule has 1 amide bonds. The highest BCUT2D eigenvalue weighted by atomic mass is 19.1. The largest absolute Gasteiger partial charge is 0.380 e. The molecule has 112 valence electrons. The molecule has 1 aliphatic carbocycles. The Morgan fingerprint density at radius 1 is 1.57 bits per heavy atom. The SMILES string of the molecule is CC(O)(C(=O)NCc1nc2ccc(F)cc2[nH]1)C1CCC1. The molecule has 1 aliphatic rings. The van der Waals surface area contributed by atoms with Gasteiger partial charge in [-0.05, 0) is 43.9 Å². The Morgan fingerprint density at radius 2 is 2.33 bits per heavy atom. The van der Waals surface area contributed by atoms with Gasteiger partial charge in [0.25, 0.3) is 5.91 Å². The molecule has 21 heavy (non-hydrogen) atoms. The van der Waals surface area contributed by atoms with Crippen molar-refractivity contribution in [2.45, 2.75) is 38.3 Å². The van der Waals surface area contributed by atoms with E-state index < -0.39 is 5.60 Å². The lowest BCUT2D eigenvalue weighted by molar-refractivity contribution is -0.147. The molecular weight excluding hydrogens is 273 g/mol. The summed E-state index contributed by atoms with van der Waals surface area (Å²) in [5, 5.41) is 13.0. The molecule has 3 N–H and O–H groups in total. The number of nitrogens with zero attached hydrogens (tertiary/aromatic N) is 1. The number of nitrogens with one attached hydrogen (secondary N) is 2. The summed E-state index contributed by atoms with van der Waals surface area (Å²) in [7, 11) is 0. The van der Waals surface area contributed by atoms with Crippen molar-refractivity contribution in [3.8, 4) is 0 Å². The zero-order valence-electron chi connectivity index (χ0n) is 11.8. The molecule has 2 aromatic rings. The number of hydrogen-bond donors (Lipinski definition) is 3. The molecule has 1 saturated carbocycles. The van der Waals surface area contributed by atoms with Gasteiger partial charge in [0, 0.05) is 0 Å². The van der Waals surface area contributed by atoms with E-state index in [0.717, 1.165) is 19.3 Å². The average Bonchev–Trinajstić information content (AvgIpc) is 2.74. The number of halogens is 1. The van der Waals surface area contributed by atoms with Crippen molar-refractivity contribution in [3.63, 3.8) is 0 Å². The first-order valence-electron chi connectivity index (χ1n) is 7.11. The van der Waals surface area contributed by atoms with Crippen LogP contribution >= 0.6 is 0 Å². The Bertz CT molecular complexity index is 677. The van der Waals surface area contributed by atoms with Gasteiger partial charge in [0.1, 0.15) is 17.2 Å². The van der Waals surface area contributed by atoms with Crippen LogP contribution in [0, 0.1) is 11.7 Å². The van der Waals surface area contributed by atoms with E-state index in [2.05, 4.69) is 15.3 Å². The van der Waals surface area contributed by atoms with Gasteiger partial charge in [-0.25, -0.2) is 9.37 Å². The number of benzene rings is 1. The van der Waals surface area contributed by atoms with Crippen LogP contribution in [-0.4, -0.2) is 26.6 Å². The number of aliphatic hydroxyl groups is 1. The first-order chi connectivity index (χ1) is 9.96.